The van der Waals surface area contributed by atoms with Crippen LogP contribution in [0.3, 0.4) is 0 Å². The molecule has 0 aromatic carbocycles. The van der Waals surface area contributed by atoms with Crippen molar-refractivity contribution in [3.8, 4) is 0 Å². The molecule has 0 aromatic heterocycles. The van der Waals surface area contributed by atoms with Gasteiger partial charge in [-0.05, 0) is 31.8 Å². The van der Waals surface area contributed by atoms with Crippen molar-refractivity contribution in [3.63, 3.8) is 0 Å². The number of piperidine rings is 1. The van der Waals surface area contributed by atoms with Crippen LogP contribution in [0, 0.1) is 5.92 Å². The van der Waals surface area contributed by atoms with E-state index in [1.165, 1.54) is 0 Å². The number of amides is 4. The minimum atomic E-state index is -0.478. The van der Waals surface area contributed by atoms with Crippen LogP contribution in [0.2, 0.25) is 0 Å². The number of allylic oxidation sites excluding steroid dienone is 2. The molecule has 1 saturated heterocycles. The van der Waals surface area contributed by atoms with Gasteiger partial charge in [-0.15, -0.1) is 0 Å². The predicted octanol–water partition coefficient (Wildman–Crippen LogP) is 2.44. The van der Waals surface area contributed by atoms with E-state index in [1.807, 2.05) is 4.90 Å². The molecular weight excluding hydrogens is 429 g/mol. The number of urea groups is 2. The predicted molar refractivity (Wildman–Crippen MR) is 106 cm³/mol. The highest BCUT2D eigenvalue weighted by molar-refractivity contribution is 9.11. The van der Waals surface area contributed by atoms with E-state index in [0.29, 0.717) is 24.5 Å². The summed E-state index contributed by atoms with van der Waals surface area (Å²) in [5.41, 5.74) is 9.42. The maximum absolute atomic E-state index is 14.7. The molecule has 2 aliphatic heterocycles. The Bertz CT molecular complexity index is 828. The van der Waals surface area contributed by atoms with E-state index in [9.17, 15) is 14.0 Å². The smallest absolute Gasteiger partial charge is 0.318 e. The van der Waals surface area contributed by atoms with Gasteiger partial charge in [-0.1, -0.05) is 27.7 Å². The van der Waals surface area contributed by atoms with Gasteiger partial charge in [0, 0.05) is 23.6 Å². The summed E-state index contributed by atoms with van der Waals surface area (Å²) in [6.07, 6.45) is 7.05. The molecular formula is C19H23BrFN5O2. The second-order valence-electron chi connectivity index (χ2n) is 7.56. The Hall–Kier alpha value is -2.25. The fourth-order valence-corrected chi connectivity index (χ4v) is 4.38. The SMILES string of the molecule is NC(=O)N1CCCC(N(C(=O)NCC2=C(F)C3C=C(Br)C=C=C3N2)C2CC2)C1. The van der Waals surface area contributed by atoms with Gasteiger partial charge in [0.1, 0.15) is 5.83 Å². The molecule has 4 rings (SSSR count). The van der Waals surface area contributed by atoms with Gasteiger partial charge in [0.2, 0.25) is 0 Å². The van der Waals surface area contributed by atoms with Crippen LogP contribution in [-0.2, 0) is 0 Å². The average molecular weight is 452 g/mol. The Balaban J connectivity index is 1.41. The molecule has 2 aliphatic carbocycles. The first kappa shape index (κ1) is 19.1. The lowest BCUT2D eigenvalue weighted by Gasteiger charge is -2.39. The molecule has 1 saturated carbocycles. The van der Waals surface area contributed by atoms with E-state index in [2.05, 4.69) is 32.3 Å². The summed E-state index contributed by atoms with van der Waals surface area (Å²) in [6, 6.07) is -0.556. The Morgan fingerprint density at radius 3 is 2.89 bits per heavy atom. The third-order valence-corrected chi connectivity index (χ3v) is 6.04. The zero-order valence-corrected chi connectivity index (χ0v) is 17.0. The van der Waals surface area contributed by atoms with Crippen LogP contribution in [0.5, 0.6) is 0 Å². The summed E-state index contributed by atoms with van der Waals surface area (Å²) in [7, 11) is 0. The van der Waals surface area contributed by atoms with E-state index in [4.69, 9.17) is 5.73 Å². The minimum Gasteiger partial charge on any atom is -0.351 e. The standard InChI is InChI=1S/C19H23BrFN5O2/c20-11-3-6-15-14(8-11)17(21)16(24-15)9-23-19(28)26(12-4-5-12)13-2-1-7-25(10-13)18(22)27/h3,8,12-14,24H,1-2,4-5,7,9-10H2,(H2,22,27)(H,23,28). The van der Waals surface area contributed by atoms with Crippen LogP contribution >= 0.6 is 15.9 Å². The van der Waals surface area contributed by atoms with E-state index >= 15 is 0 Å². The van der Waals surface area contributed by atoms with Crippen molar-refractivity contribution in [2.24, 2.45) is 11.7 Å². The Labute approximate surface area is 171 Å². The van der Waals surface area contributed by atoms with E-state index in [0.717, 1.165) is 30.2 Å². The van der Waals surface area contributed by atoms with Gasteiger partial charge in [0.05, 0.1) is 29.9 Å². The molecule has 28 heavy (non-hydrogen) atoms. The molecule has 4 aliphatic rings. The maximum atomic E-state index is 14.7. The number of carbonyl (C=O) groups is 2. The number of halogens is 2. The highest BCUT2D eigenvalue weighted by atomic mass is 79.9. The van der Waals surface area contributed by atoms with Gasteiger partial charge in [-0.25, -0.2) is 14.0 Å². The van der Waals surface area contributed by atoms with Gasteiger partial charge in [0.25, 0.3) is 0 Å². The van der Waals surface area contributed by atoms with Crippen molar-refractivity contribution >= 4 is 28.0 Å². The number of nitrogens with two attached hydrogens (primary N) is 1. The van der Waals surface area contributed by atoms with E-state index in [1.54, 1.807) is 17.1 Å². The molecule has 2 unspecified atom stereocenters. The summed E-state index contributed by atoms with van der Waals surface area (Å²) >= 11 is 3.33. The van der Waals surface area contributed by atoms with Crippen molar-refractivity contribution in [2.75, 3.05) is 19.6 Å². The lowest BCUT2D eigenvalue weighted by molar-refractivity contribution is 0.119. The van der Waals surface area contributed by atoms with Crippen molar-refractivity contribution in [1.82, 2.24) is 20.4 Å². The number of likely N-dealkylation sites (tertiary alicyclic amines) is 1. The first-order chi connectivity index (χ1) is 13.4. The molecule has 0 bridgehead atoms. The molecule has 2 fully saturated rings. The monoisotopic (exact) mass is 451 g/mol. The fourth-order valence-electron chi connectivity index (χ4n) is 4.00. The minimum absolute atomic E-state index is 0.0591. The summed E-state index contributed by atoms with van der Waals surface area (Å²) in [5.74, 6) is -0.781. The largest absolute Gasteiger partial charge is 0.351 e. The third kappa shape index (κ3) is 3.82. The highest BCUT2D eigenvalue weighted by Crippen LogP contribution is 2.35. The van der Waals surface area contributed by atoms with E-state index in [-0.39, 0.29) is 30.5 Å². The summed E-state index contributed by atoms with van der Waals surface area (Å²) in [5, 5.41) is 5.86. The topological polar surface area (TPSA) is 90.7 Å². The van der Waals surface area contributed by atoms with Crippen molar-refractivity contribution < 1.29 is 14.0 Å². The van der Waals surface area contributed by atoms with Gasteiger partial charge in [-0.3, -0.25) is 0 Å². The molecule has 0 spiro atoms. The van der Waals surface area contributed by atoms with Crippen molar-refractivity contribution in [2.45, 2.75) is 37.8 Å². The van der Waals surface area contributed by atoms with Crippen molar-refractivity contribution in [1.29, 1.82) is 0 Å². The molecule has 4 N–H and O–H groups in total. The molecule has 7 nitrogen and oxygen atoms in total. The number of fused-ring (bicyclic) bond motifs is 1. The number of hydrogen-bond donors (Lipinski definition) is 3. The molecule has 9 heteroatoms. The van der Waals surface area contributed by atoms with Crippen LogP contribution in [-0.4, -0.2) is 53.6 Å². The quantitative estimate of drug-likeness (QED) is 0.573. The lowest BCUT2D eigenvalue weighted by atomic mass is 10.0. The molecule has 2 heterocycles. The van der Waals surface area contributed by atoms with Crippen LogP contribution in [0.25, 0.3) is 0 Å². The summed E-state index contributed by atoms with van der Waals surface area (Å²) in [6.45, 7) is 1.15. The molecule has 0 aromatic rings. The number of primary amides is 1. The molecule has 0 radical (unpaired) electrons. The molecule has 2 atom stereocenters. The second-order valence-corrected chi connectivity index (χ2v) is 8.48. The normalized spacial score (nSPS) is 26.3. The third-order valence-electron chi connectivity index (χ3n) is 5.54. The fraction of sp³-hybridized carbons (Fsp3) is 0.526. The van der Waals surface area contributed by atoms with E-state index < -0.39 is 11.9 Å². The van der Waals surface area contributed by atoms with Crippen LogP contribution in [0.4, 0.5) is 14.0 Å². The number of nitrogens with one attached hydrogen (secondary N) is 2. The summed E-state index contributed by atoms with van der Waals surface area (Å²) in [4.78, 5) is 27.8. The first-order valence-electron chi connectivity index (χ1n) is 9.54. The van der Waals surface area contributed by atoms with Crippen LogP contribution in [0.1, 0.15) is 25.7 Å². The summed E-state index contributed by atoms with van der Waals surface area (Å²) < 4.78 is 15.4. The Morgan fingerprint density at radius 2 is 2.18 bits per heavy atom. The van der Waals surface area contributed by atoms with Gasteiger partial charge < -0.3 is 26.2 Å². The number of rotatable bonds is 4. The zero-order chi connectivity index (χ0) is 19.8. The van der Waals surface area contributed by atoms with Crippen LogP contribution < -0.4 is 16.4 Å². The molecule has 4 amide bonds. The highest BCUT2D eigenvalue weighted by Gasteiger charge is 2.40. The van der Waals surface area contributed by atoms with Gasteiger partial charge in [0.15, 0.2) is 0 Å². The number of hydrogen-bond acceptors (Lipinski definition) is 3. The number of carbonyl (C=O) groups excluding carboxylic acids is 2. The Morgan fingerprint density at radius 1 is 1.39 bits per heavy atom. The first-order valence-corrected chi connectivity index (χ1v) is 10.3. The maximum Gasteiger partial charge on any atom is 0.318 e. The Kier molecular flexibility index (Phi) is 5.21. The van der Waals surface area contributed by atoms with Gasteiger partial charge >= 0.3 is 12.1 Å². The average Bonchev–Trinajstić information content (AvgIpc) is 3.46. The van der Waals surface area contributed by atoms with Crippen LogP contribution in [0.15, 0.2) is 39.6 Å². The van der Waals surface area contributed by atoms with Crippen molar-refractivity contribution in [3.05, 3.63) is 39.6 Å². The number of nitrogens with zero attached hydrogens (tertiary/aromatic N) is 2. The second kappa shape index (κ2) is 7.64. The molecule has 150 valence electrons. The lowest BCUT2D eigenvalue weighted by Crippen LogP contribution is -2.56. The zero-order valence-electron chi connectivity index (χ0n) is 15.4. The van der Waals surface area contributed by atoms with Gasteiger partial charge in [-0.2, -0.15) is 0 Å².